The first-order valence-corrected chi connectivity index (χ1v) is 7.75. The lowest BCUT2D eigenvalue weighted by Crippen LogP contribution is -2.61. The molecule has 0 aromatic heterocycles. The number of rotatable bonds is 8. The molecule has 1 aliphatic heterocycles. The summed E-state index contributed by atoms with van der Waals surface area (Å²) >= 11 is 0. The minimum absolute atomic E-state index is 0.102. The molecule has 1 aliphatic carbocycles. The van der Waals surface area contributed by atoms with Crippen LogP contribution in [0.1, 0.15) is 32.6 Å². The van der Waals surface area contributed by atoms with Crippen molar-refractivity contribution in [1.82, 2.24) is 10.2 Å². The largest absolute Gasteiger partial charge is 0.468 e. The van der Waals surface area contributed by atoms with Crippen LogP contribution in [0.5, 0.6) is 0 Å². The number of hydrogen-bond acceptors (Lipinski definition) is 5. The highest BCUT2D eigenvalue weighted by molar-refractivity contribution is 5.82. The van der Waals surface area contributed by atoms with Crippen LogP contribution in [0, 0.1) is 5.92 Å². The number of carbonyl (C=O) groups is 1. The molecular formula is C15H28N2O3. The van der Waals surface area contributed by atoms with Gasteiger partial charge in [0.15, 0.2) is 0 Å². The number of ether oxygens (including phenoxy) is 2. The molecular weight excluding hydrogens is 256 g/mol. The fourth-order valence-corrected chi connectivity index (χ4v) is 3.22. The van der Waals surface area contributed by atoms with Crippen LogP contribution in [0.2, 0.25) is 0 Å². The zero-order valence-electron chi connectivity index (χ0n) is 13.0. The predicted octanol–water partition coefficient (Wildman–Crippen LogP) is 1.03. The summed E-state index contributed by atoms with van der Waals surface area (Å²) in [7, 11) is 3.26. The standard InChI is InChI=1S/C15H28N2O3/c1-4-8-16-15(12-5-6-12,14(18)20-3)11-17-9-7-13(10-17)19-2/h12-13,16H,4-11H2,1-3H3. The lowest BCUT2D eigenvalue weighted by atomic mass is 9.92. The van der Waals surface area contributed by atoms with E-state index in [1.54, 1.807) is 7.11 Å². The molecule has 2 fully saturated rings. The van der Waals surface area contributed by atoms with Gasteiger partial charge in [0.05, 0.1) is 13.2 Å². The summed E-state index contributed by atoms with van der Waals surface area (Å²) in [5.41, 5.74) is -0.520. The highest BCUT2D eigenvalue weighted by Crippen LogP contribution is 2.41. The average Bonchev–Trinajstić information content (AvgIpc) is 3.23. The lowest BCUT2D eigenvalue weighted by Gasteiger charge is -2.36. The highest BCUT2D eigenvalue weighted by Gasteiger charge is 2.52. The van der Waals surface area contributed by atoms with Gasteiger partial charge < -0.3 is 14.8 Å². The Morgan fingerprint density at radius 1 is 1.35 bits per heavy atom. The summed E-state index contributed by atoms with van der Waals surface area (Å²) in [5, 5.41) is 3.50. The third-order valence-electron chi connectivity index (χ3n) is 4.55. The van der Waals surface area contributed by atoms with Gasteiger partial charge in [-0.15, -0.1) is 0 Å². The first kappa shape index (κ1) is 15.7. The van der Waals surface area contributed by atoms with Gasteiger partial charge in [0.1, 0.15) is 5.54 Å². The normalized spacial score (nSPS) is 26.4. The van der Waals surface area contributed by atoms with Crippen LogP contribution in [0.15, 0.2) is 0 Å². The molecule has 1 saturated heterocycles. The minimum atomic E-state index is -0.520. The summed E-state index contributed by atoms with van der Waals surface area (Å²) < 4.78 is 10.5. The van der Waals surface area contributed by atoms with E-state index in [2.05, 4.69) is 17.1 Å². The van der Waals surface area contributed by atoms with Crippen molar-refractivity contribution in [1.29, 1.82) is 0 Å². The summed E-state index contributed by atoms with van der Waals surface area (Å²) in [5.74, 6) is 0.317. The summed E-state index contributed by atoms with van der Waals surface area (Å²) in [6.07, 6.45) is 4.61. The number of likely N-dealkylation sites (tertiary alicyclic amines) is 1. The second-order valence-electron chi connectivity index (χ2n) is 6.05. The van der Waals surface area contributed by atoms with Gasteiger partial charge in [-0.05, 0) is 38.1 Å². The van der Waals surface area contributed by atoms with Gasteiger partial charge in [0, 0.05) is 26.7 Å². The van der Waals surface area contributed by atoms with Gasteiger partial charge in [-0.1, -0.05) is 6.92 Å². The van der Waals surface area contributed by atoms with E-state index in [4.69, 9.17) is 9.47 Å². The summed E-state index contributed by atoms with van der Waals surface area (Å²) in [4.78, 5) is 14.8. The lowest BCUT2D eigenvalue weighted by molar-refractivity contribution is -0.150. The van der Waals surface area contributed by atoms with E-state index in [0.29, 0.717) is 12.0 Å². The first-order valence-electron chi connectivity index (χ1n) is 7.75. The zero-order chi connectivity index (χ0) is 14.6. The van der Waals surface area contributed by atoms with E-state index in [9.17, 15) is 4.79 Å². The molecule has 0 radical (unpaired) electrons. The Bertz CT molecular complexity index is 333. The van der Waals surface area contributed by atoms with E-state index in [1.165, 1.54) is 7.11 Å². The Labute approximate surface area is 122 Å². The molecule has 5 nitrogen and oxygen atoms in total. The van der Waals surface area contributed by atoms with E-state index in [1.807, 2.05) is 0 Å². The molecule has 0 aromatic rings. The maximum Gasteiger partial charge on any atom is 0.327 e. The van der Waals surface area contributed by atoms with Crippen molar-refractivity contribution < 1.29 is 14.3 Å². The Hall–Kier alpha value is -0.650. The zero-order valence-corrected chi connectivity index (χ0v) is 13.0. The molecule has 0 spiro atoms. The van der Waals surface area contributed by atoms with Crippen molar-refractivity contribution in [2.75, 3.05) is 40.4 Å². The minimum Gasteiger partial charge on any atom is -0.468 e. The fraction of sp³-hybridized carbons (Fsp3) is 0.933. The molecule has 5 heteroatoms. The molecule has 116 valence electrons. The maximum absolute atomic E-state index is 12.4. The third kappa shape index (κ3) is 3.32. The number of esters is 1. The molecule has 2 atom stereocenters. The Morgan fingerprint density at radius 2 is 2.10 bits per heavy atom. The number of nitrogens with zero attached hydrogens (tertiary/aromatic N) is 1. The first-order chi connectivity index (χ1) is 9.66. The topological polar surface area (TPSA) is 50.8 Å². The second kappa shape index (κ2) is 6.87. The van der Waals surface area contributed by atoms with Gasteiger partial charge in [0.2, 0.25) is 0 Å². The van der Waals surface area contributed by atoms with Crippen molar-refractivity contribution in [2.45, 2.75) is 44.2 Å². The van der Waals surface area contributed by atoms with Crippen molar-refractivity contribution in [3.63, 3.8) is 0 Å². The van der Waals surface area contributed by atoms with Crippen molar-refractivity contribution >= 4 is 5.97 Å². The Balaban J connectivity index is 2.06. The third-order valence-corrected chi connectivity index (χ3v) is 4.55. The molecule has 1 heterocycles. The number of methoxy groups -OCH3 is 2. The smallest absolute Gasteiger partial charge is 0.327 e. The van der Waals surface area contributed by atoms with Gasteiger partial charge in [-0.2, -0.15) is 0 Å². The molecule has 2 aliphatic rings. The average molecular weight is 284 g/mol. The number of nitrogens with one attached hydrogen (secondary N) is 1. The Kier molecular flexibility index (Phi) is 5.41. The molecule has 1 saturated carbocycles. The molecule has 0 amide bonds. The van der Waals surface area contributed by atoms with Crippen molar-refractivity contribution in [3.8, 4) is 0 Å². The molecule has 20 heavy (non-hydrogen) atoms. The van der Waals surface area contributed by atoms with Crippen molar-refractivity contribution in [2.24, 2.45) is 5.92 Å². The molecule has 2 rings (SSSR count). The van der Waals surface area contributed by atoms with Crippen LogP contribution >= 0.6 is 0 Å². The predicted molar refractivity (Wildman–Crippen MR) is 77.6 cm³/mol. The van der Waals surface area contributed by atoms with E-state index in [-0.39, 0.29) is 5.97 Å². The van der Waals surface area contributed by atoms with E-state index in [0.717, 1.165) is 51.9 Å². The van der Waals surface area contributed by atoms with Gasteiger partial charge in [-0.3, -0.25) is 4.90 Å². The molecule has 1 N–H and O–H groups in total. The van der Waals surface area contributed by atoms with Crippen LogP contribution in [0.25, 0.3) is 0 Å². The number of hydrogen-bond donors (Lipinski definition) is 1. The Morgan fingerprint density at radius 3 is 2.60 bits per heavy atom. The van der Waals surface area contributed by atoms with Crippen LogP contribution in [-0.2, 0) is 14.3 Å². The fourth-order valence-electron chi connectivity index (χ4n) is 3.22. The van der Waals surface area contributed by atoms with Crippen LogP contribution in [0.3, 0.4) is 0 Å². The molecule has 0 bridgehead atoms. The summed E-state index contributed by atoms with van der Waals surface area (Å²) in [6, 6.07) is 0. The SMILES string of the molecule is CCCNC(CN1CCC(OC)C1)(C(=O)OC)C1CC1. The number of carbonyl (C=O) groups excluding carboxylic acids is 1. The van der Waals surface area contributed by atoms with Gasteiger partial charge in [-0.25, -0.2) is 4.79 Å². The van der Waals surface area contributed by atoms with Gasteiger partial charge in [0.25, 0.3) is 0 Å². The molecule has 0 aromatic carbocycles. The second-order valence-corrected chi connectivity index (χ2v) is 6.05. The summed E-state index contributed by atoms with van der Waals surface area (Å²) in [6.45, 7) is 5.63. The van der Waals surface area contributed by atoms with Crippen molar-refractivity contribution in [3.05, 3.63) is 0 Å². The van der Waals surface area contributed by atoms with Crippen LogP contribution in [0.4, 0.5) is 0 Å². The van der Waals surface area contributed by atoms with Crippen LogP contribution < -0.4 is 5.32 Å². The van der Waals surface area contributed by atoms with Gasteiger partial charge >= 0.3 is 5.97 Å². The van der Waals surface area contributed by atoms with E-state index >= 15 is 0 Å². The molecule has 2 unspecified atom stereocenters. The highest BCUT2D eigenvalue weighted by atomic mass is 16.5. The maximum atomic E-state index is 12.4. The quantitative estimate of drug-likeness (QED) is 0.675. The monoisotopic (exact) mass is 284 g/mol. The van der Waals surface area contributed by atoms with Crippen LogP contribution in [-0.4, -0.2) is 62.9 Å². The van der Waals surface area contributed by atoms with E-state index < -0.39 is 5.54 Å².